The largest absolute Gasteiger partial charge is 0.396 e. The zero-order valence-corrected chi connectivity index (χ0v) is 11.2. The number of nitrogens with two attached hydrogens (primary N) is 1. The minimum Gasteiger partial charge on any atom is -0.396 e. The zero-order chi connectivity index (χ0) is 14.3. The number of nitrogen functional groups attached to an aromatic ring is 1. The number of hydrogen-bond acceptors (Lipinski definition) is 5. The molecule has 1 heterocycles. The monoisotopic (exact) mass is 261 g/mol. The smallest absolute Gasteiger partial charge is 0.221 e. The SMILES string of the molecule is CCC(C)NC(=O)CCNc1ncc(C#N)cc1N. The predicted octanol–water partition coefficient (Wildman–Crippen LogP) is 1.25. The fraction of sp³-hybridized carbons (Fsp3) is 0.462. The van der Waals surface area contributed by atoms with Crippen molar-refractivity contribution in [3.8, 4) is 6.07 Å². The van der Waals surface area contributed by atoms with Gasteiger partial charge >= 0.3 is 0 Å². The van der Waals surface area contributed by atoms with Gasteiger partial charge in [-0.15, -0.1) is 0 Å². The molecule has 1 aromatic heterocycles. The van der Waals surface area contributed by atoms with Gasteiger partial charge in [-0.1, -0.05) is 6.92 Å². The first kappa shape index (κ1) is 14.8. The number of anilines is 2. The molecule has 6 heteroatoms. The van der Waals surface area contributed by atoms with Gasteiger partial charge < -0.3 is 16.4 Å². The lowest BCUT2D eigenvalue weighted by Crippen LogP contribution is -2.33. The molecule has 1 rings (SSSR count). The highest BCUT2D eigenvalue weighted by Gasteiger charge is 2.06. The summed E-state index contributed by atoms with van der Waals surface area (Å²) >= 11 is 0. The van der Waals surface area contributed by atoms with Gasteiger partial charge in [-0.05, 0) is 19.4 Å². The summed E-state index contributed by atoms with van der Waals surface area (Å²) in [6, 6.07) is 3.70. The second kappa shape index (κ2) is 7.21. The van der Waals surface area contributed by atoms with Crippen LogP contribution in [-0.4, -0.2) is 23.5 Å². The van der Waals surface area contributed by atoms with Gasteiger partial charge in [-0.2, -0.15) is 5.26 Å². The van der Waals surface area contributed by atoms with E-state index in [0.29, 0.717) is 30.0 Å². The fourth-order valence-corrected chi connectivity index (χ4v) is 1.43. The molecule has 0 aliphatic heterocycles. The molecule has 102 valence electrons. The van der Waals surface area contributed by atoms with Crippen LogP contribution in [0.4, 0.5) is 11.5 Å². The highest BCUT2D eigenvalue weighted by molar-refractivity contribution is 5.77. The van der Waals surface area contributed by atoms with Crippen molar-refractivity contribution in [1.82, 2.24) is 10.3 Å². The maximum atomic E-state index is 11.5. The number of rotatable bonds is 6. The maximum Gasteiger partial charge on any atom is 0.221 e. The van der Waals surface area contributed by atoms with E-state index in [0.717, 1.165) is 6.42 Å². The lowest BCUT2D eigenvalue weighted by Gasteiger charge is -2.12. The summed E-state index contributed by atoms with van der Waals surface area (Å²) in [6.45, 7) is 4.43. The summed E-state index contributed by atoms with van der Waals surface area (Å²) in [5, 5.41) is 14.5. The van der Waals surface area contributed by atoms with Crippen LogP contribution < -0.4 is 16.4 Å². The highest BCUT2D eigenvalue weighted by atomic mass is 16.1. The topological polar surface area (TPSA) is 104 Å². The van der Waals surface area contributed by atoms with Crippen molar-refractivity contribution in [2.24, 2.45) is 0 Å². The highest BCUT2D eigenvalue weighted by Crippen LogP contribution is 2.15. The van der Waals surface area contributed by atoms with Gasteiger partial charge in [0.1, 0.15) is 11.9 Å². The molecule has 0 saturated heterocycles. The molecule has 1 unspecified atom stereocenters. The molecule has 0 spiro atoms. The fourth-order valence-electron chi connectivity index (χ4n) is 1.43. The third-order valence-corrected chi connectivity index (χ3v) is 2.71. The second-order valence-corrected chi connectivity index (χ2v) is 4.33. The second-order valence-electron chi connectivity index (χ2n) is 4.33. The van der Waals surface area contributed by atoms with Crippen LogP contribution in [0.5, 0.6) is 0 Å². The number of nitrogens with zero attached hydrogens (tertiary/aromatic N) is 2. The van der Waals surface area contributed by atoms with Gasteiger partial charge in [-0.3, -0.25) is 4.79 Å². The summed E-state index contributed by atoms with van der Waals surface area (Å²) < 4.78 is 0. The lowest BCUT2D eigenvalue weighted by atomic mass is 10.2. The summed E-state index contributed by atoms with van der Waals surface area (Å²) in [5.41, 5.74) is 6.56. The minimum absolute atomic E-state index is 0.00549. The molecule has 0 aromatic carbocycles. The molecule has 0 aliphatic carbocycles. The minimum atomic E-state index is -0.00549. The van der Waals surface area contributed by atoms with E-state index in [1.165, 1.54) is 6.20 Å². The Kier molecular flexibility index (Phi) is 5.61. The predicted molar refractivity (Wildman–Crippen MR) is 74.4 cm³/mol. The van der Waals surface area contributed by atoms with Crippen LogP contribution in [-0.2, 0) is 4.79 Å². The van der Waals surface area contributed by atoms with E-state index in [1.807, 2.05) is 19.9 Å². The molecule has 1 amide bonds. The third kappa shape index (κ3) is 4.84. The van der Waals surface area contributed by atoms with Crippen molar-refractivity contribution in [2.75, 3.05) is 17.6 Å². The van der Waals surface area contributed by atoms with Crippen molar-refractivity contribution in [1.29, 1.82) is 5.26 Å². The molecule has 0 fully saturated rings. The Labute approximate surface area is 113 Å². The number of pyridine rings is 1. The van der Waals surface area contributed by atoms with Gasteiger partial charge in [0.25, 0.3) is 0 Å². The number of carbonyl (C=O) groups is 1. The molecular formula is C13H19N5O. The van der Waals surface area contributed by atoms with Crippen LogP contribution in [0.3, 0.4) is 0 Å². The van der Waals surface area contributed by atoms with E-state index in [4.69, 9.17) is 11.0 Å². The first-order valence-corrected chi connectivity index (χ1v) is 6.25. The van der Waals surface area contributed by atoms with Gasteiger partial charge in [-0.25, -0.2) is 4.98 Å². The van der Waals surface area contributed by atoms with E-state index >= 15 is 0 Å². The van der Waals surface area contributed by atoms with Crippen molar-refractivity contribution in [2.45, 2.75) is 32.7 Å². The summed E-state index contributed by atoms with van der Waals surface area (Å²) in [4.78, 5) is 15.6. The van der Waals surface area contributed by atoms with Crippen molar-refractivity contribution < 1.29 is 4.79 Å². The van der Waals surface area contributed by atoms with Gasteiger partial charge in [0, 0.05) is 25.2 Å². The molecule has 4 N–H and O–H groups in total. The number of hydrogen-bond donors (Lipinski definition) is 3. The Hall–Kier alpha value is -2.29. The average Bonchev–Trinajstić information content (AvgIpc) is 2.40. The Morgan fingerprint density at radius 3 is 2.95 bits per heavy atom. The maximum absolute atomic E-state index is 11.5. The Bertz CT molecular complexity index is 480. The number of nitrogens with one attached hydrogen (secondary N) is 2. The normalized spacial score (nSPS) is 11.4. The van der Waals surface area contributed by atoms with Crippen LogP contribution in [0.2, 0.25) is 0 Å². The Morgan fingerprint density at radius 1 is 1.63 bits per heavy atom. The molecular weight excluding hydrogens is 242 g/mol. The van der Waals surface area contributed by atoms with E-state index < -0.39 is 0 Å². The Balaban J connectivity index is 2.41. The van der Waals surface area contributed by atoms with Crippen LogP contribution in [0.15, 0.2) is 12.3 Å². The van der Waals surface area contributed by atoms with E-state index in [2.05, 4.69) is 15.6 Å². The quantitative estimate of drug-likeness (QED) is 0.715. The lowest BCUT2D eigenvalue weighted by molar-refractivity contribution is -0.121. The summed E-state index contributed by atoms with van der Waals surface area (Å²) in [6.07, 6.45) is 2.70. The molecule has 1 atom stereocenters. The van der Waals surface area contributed by atoms with Gasteiger partial charge in [0.05, 0.1) is 11.3 Å². The molecule has 1 aromatic rings. The molecule has 0 saturated carbocycles. The van der Waals surface area contributed by atoms with Crippen LogP contribution >= 0.6 is 0 Å². The van der Waals surface area contributed by atoms with Crippen LogP contribution in [0.25, 0.3) is 0 Å². The van der Waals surface area contributed by atoms with Crippen molar-refractivity contribution in [3.05, 3.63) is 17.8 Å². The van der Waals surface area contributed by atoms with E-state index in [-0.39, 0.29) is 11.9 Å². The molecule has 6 nitrogen and oxygen atoms in total. The van der Waals surface area contributed by atoms with Gasteiger partial charge in [0.15, 0.2) is 0 Å². The number of nitriles is 1. The number of carbonyl (C=O) groups excluding carboxylic acids is 1. The van der Waals surface area contributed by atoms with E-state index in [1.54, 1.807) is 6.07 Å². The molecule has 0 radical (unpaired) electrons. The third-order valence-electron chi connectivity index (χ3n) is 2.71. The number of aromatic nitrogens is 1. The first-order chi connectivity index (χ1) is 9.06. The summed E-state index contributed by atoms with van der Waals surface area (Å²) in [7, 11) is 0. The van der Waals surface area contributed by atoms with Crippen molar-refractivity contribution in [3.63, 3.8) is 0 Å². The molecule has 0 bridgehead atoms. The first-order valence-electron chi connectivity index (χ1n) is 6.25. The number of amides is 1. The zero-order valence-electron chi connectivity index (χ0n) is 11.2. The summed E-state index contributed by atoms with van der Waals surface area (Å²) in [5.74, 6) is 0.490. The van der Waals surface area contributed by atoms with E-state index in [9.17, 15) is 4.79 Å². The Morgan fingerprint density at radius 2 is 2.37 bits per heavy atom. The van der Waals surface area contributed by atoms with Crippen LogP contribution in [0, 0.1) is 11.3 Å². The molecule has 19 heavy (non-hydrogen) atoms. The molecule has 0 aliphatic rings. The van der Waals surface area contributed by atoms with Crippen molar-refractivity contribution >= 4 is 17.4 Å². The standard InChI is InChI=1S/C13H19N5O/c1-3-9(2)18-12(19)4-5-16-13-11(15)6-10(7-14)8-17-13/h6,8-9H,3-5,15H2,1-2H3,(H,16,17)(H,18,19). The van der Waals surface area contributed by atoms with Gasteiger partial charge in [0.2, 0.25) is 5.91 Å². The van der Waals surface area contributed by atoms with Crippen LogP contribution in [0.1, 0.15) is 32.3 Å². The average molecular weight is 261 g/mol.